The van der Waals surface area contributed by atoms with Crippen LogP contribution in [0, 0.1) is 0 Å². The molecule has 132 valence electrons. The number of carbonyl (C=O) groups excluding carboxylic acids is 1. The number of para-hydroxylation sites is 2. The molecule has 0 bridgehead atoms. The minimum absolute atomic E-state index is 0.0310. The molecule has 1 saturated heterocycles. The second-order valence-corrected chi connectivity index (χ2v) is 6.76. The van der Waals surface area contributed by atoms with Gasteiger partial charge in [0.05, 0.1) is 7.11 Å². The molecule has 5 nitrogen and oxygen atoms in total. The van der Waals surface area contributed by atoms with E-state index in [1.54, 1.807) is 7.11 Å². The van der Waals surface area contributed by atoms with E-state index in [0.29, 0.717) is 11.5 Å². The lowest BCUT2D eigenvalue weighted by atomic mass is 10.0. The molecule has 0 atom stereocenters. The van der Waals surface area contributed by atoms with Crippen molar-refractivity contribution in [3.05, 3.63) is 24.3 Å². The summed E-state index contributed by atoms with van der Waals surface area (Å²) in [7, 11) is 1.60. The number of hydrogen-bond acceptors (Lipinski definition) is 4. The van der Waals surface area contributed by atoms with Crippen molar-refractivity contribution in [2.45, 2.75) is 50.6 Å². The maximum absolute atomic E-state index is 12.1. The number of amides is 1. The first kappa shape index (κ1) is 17.1. The molecule has 1 aromatic carbocycles. The molecule has 1 heterocycles. The molecule has 1 aliphatic carbocycles. The maximum atomic E-state index is 12.1. The third-order valence-corrected chi connectivity index (χ3v) is 5.16. The molecule has 1 aromatic rings. The fraction of sp³-hybridized carbons (Fsp3) is 0.632. The summed E-state index contributed by atoms with van der Waals surface area (Å²) >= 11 is 0. The number of methoxy groups -OCH3 is 1. The van der Waals surface area contributed by atoms with Gasteiger partial charge in [-0.1, -0.05) is 25.0 Å². The topological polar surface area (TPSA) is 50.8 Å². The van der Waals surface area contributed by atoms with Crippen molar-refractivity contribution in [3.63, 3.8) is 0 Å². The predicted molar refractivity (Wildman–Crippen MR) is 93.5 cm³/mol. The zero-order valence-corrected chi connectivity index (χ0v) is 14.5. The van der Waals surface area contributed by atoms with Crippen LogP contribution in [0.4, 0.5) is 0 Å². The first-order valence-electron chi connectivity index (χ1n) is 9.05. The van der Waals surface area contributed by atoms with E-state index < -0.39 is 0 Å². The van der Waals surface area contributed by atoms with Gasteiger partial charge in [-0.3, -0.25) is 4.79 Å². The van der Waals surface area contributed by atoms with Crippen molar-refractivity contribution in [3.8, 4) is 11.5 Å². The molecule has 1 aliphatic heterocycles. The van der Waals surface area contributed by atoms with Gasteiger partial charge in [0.1, 0.15) is 0 Å². The summed E-state index contributed by atoms with van der Waals surface area (Å²) in [6, 6.07) is 8.45. The largest absolute Gasteiger partial charge is 0.493 e. The van der Waals surface area contributed by atoms with Crippen LogP contribution >= 0.6 is 0 Å². The zero-order chi connectivity index (χ0) is 16.8. The van der Waals surface area contributed by atoms with Crippen molar-refractivity contribution in [1.29, 1.82) is 0 Å². The Morgan fingerprint density at radius 3 is 2.46 bits per heavy atom. The van der Waals surface area contributed by atoms with Crippen molar-refractivity contribution < 1.29 is 14.3 Å². The van der Waals surface area contributed by atoms with E-state index in [-0.39, 0.29) is 18.6 Å². The van der Waals surface area contributed by atoms with Crippen LogP contribution in [0.25, 0.3) is 0 Å². The van der Waals surface area contributed by atoms with Gasteiger partial charge in [0, 0.05) is 25.2 Å². The second-order valence-electron chi connectivity index (χ2n) is 6.76. The van der Waals surface area contributed by atoms with E-state index in [0.717, 1.165) is 32.0 Å². The molecule has 1 N–H and O–H groups in total. The zero-order valence-electron chi connectivity index (χ0n) is 14.5. The van der Waals surface area contributed by atoms with E-state index in [1.165, 1.54) is 25.7 Å². The summed E-state index contributed by atoms with van der Waals surface area (Å²) in [5.41, 5.74) is 0. The molecule has 2 aliphatic rings. The Kier molecular flexibility index (Phi) is 5.96. The Hall–Kier alpha value is -1.75. The Labute approximate surface area is 144 Å². The van der Waals surface area contributed by atoms with Crippen LogP contribution in [-0.4, -0.2) is 49.7 Å². The van der Waals surface area contributed by atoms with Crippen LogP contribution < -0.4 is 14.8 Å². The highest BCUT2D eigenvalue weighted by Gasteiger charge is 2.27. The normalized spacial score (nSPS) is 20.0. The Balaban J connectivity index is 1.39. The average Bonchev–Trinajstić information content (AvgIpc) is 3.15. The number of hydrogen-bond donors (Lipinski definition) is 1. The standard InChI is InChI=1S/C19H28N2O3/c1-23-17-8-4-5-9-18(17)24-14-19(22)20-15-10-12-21(13-11-15)16-6-2-3-7-16/h4-5,8-9,15-16H,2-3,6-7,10-14H2,1H3,(H,20,22). The molecule has 1 amide bonds. The lowest BCUT2D eigenvalue weighted by molar-refractivity contribution is -0.124. The van der Waals surface area contributed by atoms with Gasteiger partial charge in [-0.25, -0.2) is 0 Å². The van der Waals surface area contributed by atoms with E-state index in [1.807, 2.05) is 24.3 Å². The second kappa shape index (κ2) is 8.38. The molecule has 0 aromatic heterocycles. The van der Waals surface area contributed by atoms with Crippen molar-refractivity contribution in [2.24, 2.45) is 0 Å². The summed E-state index contributed by atoms with van der Waals surface area (Å²) < 4.78 is 10.8. The summed E-state index contributed by atoms with van der Waals surface area (Å²) in [6.45, 7) is 2.23. The predicted octanol–water partition coefficient (Wildman–Crippen LogP) is 2.60. The molecule has 0 unspecified atom stereocenters. The monoisotopic (exact) mass is 332 g/mol. The summed E-state index contributed by atoms with van der Waals surface area (Å²) in [4.78, 5) is 14.7. The van der Waals surface area contributed by atoms with E-state index >= 15 is 0 Å². The first-order chi connectivity index (χ1) is 11.8. The van der Waals surface area contributed by atoms with Gasteiger partial charge in [-0.05, 0) is 37.8 Å². The lowest BCUT2D eigenvalue weighted by Crippen LogP contribution is -2.48. The van der Waals surface area contributed by atoms with Gasteiger partial charge in [0.2, 0.25) is 0 Å². The number of benzene rings is 1. The van der Waals surface area contributed by atoms with Crippen LogP contribution in [0.5, 0.6) is 11.5 Å². The molecular weight excluding hydrogens is 304 g/mol. The maximum Gasteiger partial charge on any atom is 0.258 e. The first-order valence-corrected chi connectivity index (χ1v) is 9.05. The van der Waals surface area contributed by atoms with E-state index in [4.69, 9.17) is 9.47 Å². The highest BCUT2D eigenvalue weighted by atomic mass is 16.5. The number of nitrogens with one attached hydrogen (secondary N) is 1. The lowest BCUT2D eigenvalue weighted by Gasteiger charge is -2.36. The van der Waals surface area contributed by atoms with Crippen LogP contribution in [0.1, 0.15) is 38.5 Å². The van der Waals surface area contributed by atoms with Gasteiger partial charge in [-0.15, -0.1) is 0 Å². The molecule has 24 heavy (non-hydrogen) atoms. The van der Waals surface area contributed by atoms with Crippen LogP contribution in [-0.2, 0) is 4.79 Å². The average molecular weight is 332 g/mol. The van der Waals surface area contributed by atoms with Gasteiger partial charge in [0.25, 0.3) is 5.91 Å². The van der Waals surface area contributed by atoms with Crippen molar-refractivity contribution >= 4 is 5.91 Å². The number of rotatable bonds is 6. The number of piperidine rings is 1. The Bertz CT molecular complexity index is 535. The molecule has 1 saturated carbocycles. The molecule has 5 heteroatoms. The third-order valence-electron chi connectivity index (χ3n) is 5.16. The fourth-order valence-corrected chi connectivity index (χ4v) is 3.83. The van der Waals surface area contributed by atoms with Crippen LogP contribution in [0.3, 0.4) is 0 Å². The number of likely N-dealkylation sites (tertiary alicyclic amines) is 1. The smallest absolute Gasteiger partial charge is 0.258 e. The van der Waals surface area contributed by atoms with Crippen molar-refractivity contribution in [1.82, 2.24) is 10.2 Å². The molecule has 3 rings (SSSR count). The van der Waals surface area contributed by atoms with Gasteiger partial charge in [-0.2, -0.15) is 0 Å². The minimum Gasteiger partial charge on any atom is -0.493 e. The van der Waals surface area contributed by atoms with Crippen LogP contribution in [0.2, 0.25) is 0 Å². The van der Waals surface area contributed by atoms with Gasteiger partial charge < -0.3 is 19.7 Å². The fourth-order valence-electron chi connectivity index (χ4n) is 3.83. The Morgan fingerprint density at radius 1 is 1.12 bits per heavy atom. The van der Waals surface area contributed by atoms with E-state index in [2.05, 4.69) is 10.2 Å². The summed E-state index contributed by atoms with van der Waals surface area (Å²) in [5.74, 6) is 1.20. The highest BCUT2D eigenvalue weighted by molar-refractivity contribution is 5.77. The molecule has 0 spiro atoms. The summed E-state index contributed by atoms with van der Waals surface area (Å²) in [5, 5.41) is 3.11. The quantitative estimate of drug-likeness (QED) is 0.870. The highest BCUT2D eigenvalue weighted by Crippen LogP contribution is 2.27. The SMILES string of the molecule is COc1ccccc1OCC(=O)NC1CCN(C2CCCC2)CC1. The molecule has 2 fully saturated rings. The number of carbonyl (C=O) groups is 1. The molecule has 0 radical (unpaired) electrons. The van der Waals surface area contributed by atoms with Gasteiger partial charge >= 0.3 is 0 Å². The van der Waals surface area contributed by atoms with Crippen molar-refractivity contribution in [2.75, 3.05) is 26.8 Å². The number of nitrogens with zero attached hydrogens (tertiary/aromatic N) is 1. The number of ether oxygens (including phenoxy) is 2. The van der Waals surface area contributed by atoms with E-state index in [9.17, 15) is 4.79 Å². The van der Waals surface area contributed by atoms with Crippen LogP contribution in [0.15, 0.2) is 24.3 Å². The van der Waals surface area contributed by atoms with Gasteiger partial charge in [0.15, 0.2) is 18.1 Å². The Morgan fingerprint density at radius 2 is 1.79 bits per heavy atom. The third kappa shape index (κ3) is 4.41. The molecular formula is C19H28N2O3. The minimum atomic E-state index is -0.0553. The summed E-state index contributed by atoms with van der Waals surface area (Å²) in [6.07, 6.45) is 7.53.